The predicted octanol–water partition coefficient (Wildman–Crippen LogP) is 2.75. The van der Waals surface area contributed by atoms with Gasteiger partial charge < -0.3 is 10.1 Å². The van der Waals surface area contributed by atoms with Crippen LogP contribution in [0.2, 0.25) is 5.02 Å². The van der Waals surface area contributed by atoms with Crippen LogP contribution in [0.5, 0.6) is 5.75 Å². The van der Waals surface area contributed by atoms with E-state index in [1.54, 1.807) is 18.5 Å². The fourth-order valence-electron chi connectivity index (χ4n) is 1.75. The summed E-state index contributed by atoms with van der Waals surface area (Å²) in [7, 11) is 0. The SMILES string of the molecule is C.Clc1cncc(OCC2CCCNC2)c1. The highest BCUT2D eigenvalue weighted by atomic mass is 35.5. The second-order valence-electron chi connectivity index (χ2n) is 3.86. The standard InChI is InChI=1S/C11H15ClN2O.CH4/c12-10-4-11(7-14-6-10)15-8-9-2-1-3-13-5-9;/h4,6-7,9,13H,1-3,5,8H2;1H4. The molecule has 1 aliphatic rings. The molecule has 0 amide bonds. The van der Waals surface area contributed by atoms with E-state index in [-0.39, 0.29) is 7.43 Å². The van der Waals surface area contributed by atoms with Crippen LogP contribution < -0.4 is 10.1 Å². The first kappa shape index (κ1) is 13.3. The first-order valence-electron chi connectivity index (χ1n) is 5.28. The Bertz CT molecular complexity index is 314. The van der Waals surface area contributed by atoms with Gasteiger partial charge >= 0.3 is 0 Å². The van der Waals surface area contributed by atoms with Gasteiger partial charge in [0.1, 0.15) is 5.75 Å². The predicted molar refractivity (Wildman–Crippen MR) is 67.1 cm³/mol. The van der Waals surface area contributed by atoms with E-state index in [9.17, 15) is 0 Å². The van der Waals surface area contributed by atoms with Gasteiger partial charge in [0.15, 0.2) is 0 Å². The number of hydrogen-bond acceptors (Lipinski definition) is 3. The van der Waals surface area contributed by atoms with Crippen LogP contribution in [0.3, 0.4) is 0 Å². The highest BCUT2D eigenvalue weighted by Crippen LogP contribution is 2.17. The van der Waals surface area contributed by atoms with Gasteiger partial charge in [-0.1, -0.05) is 19.0 Å². The van der Waals surface area contributed by atoms with E-state index in [0.29, 0.717) is 10.9 Å². The molecule has 1 fully saturated rings. The van der Waals surface area contributed by atoms with Crippen molar-refractivity contribution in [2.24, 2.45) is 5.92 Å². The van der Waals surface area contributed by atoms with Crippen LogP contribution >= 0.6 is 11.6 Å². The maximum Gasteiger partial charge on any atom is 0.139 e. The molecule has 1 aromatic rings. The maximum absolute atomic E-state index is 5.81. The molecule has 0 radical (unpaired) electrons. The molecule has 2 heterocycles. The molecule has 0 spiro atoms. The molecular weight excluding hydrogens is 224 g/mol. The Balaban J connectivity index is 0.00000128. The van der Waals surface area contributed by atoms with Crippen LogP contribution in [-0.4, -0.2) is 24.7 Å². The normalized spacial score (nSPS) is 19.9. The minimum absolute atomic E-state index is 0. The molecular formula is C12H19ClN2O. The van der Waals surface area contributed by atoms with Gasteiger partial charge in [0.25, 0.3) is 0 Å². The van der Waals surface area contributed by atoms with Gasteiger partial charge in [-0.3, -0.25) is 4.98 Å². The summed E-state index contributed by atoms with van der Waals surface area (Å²) in [6, 6.07) is 1.80. The number of ether oxygens (including phenoxy) is 1. The lowest BCUT2D eigenvalue weighted by atomic mass is 10.0. The quantitative estimate of drug-likeness (QED) is 0.885. The van der Waals surface area contributed by atoms with Gasteiger partial charge in [-0.15, -0.1) is 0 Å². The van der Waals surface area contributed by atoms with E-state index in [2.05, 4.69) is 10.3 Å². The van der Waals surface area contributed by atoms with E-state index in [0.717, 1.165) is 25.4 Å². The van der Waals surface area contributed by atoms with Crippen molar-refractivity contribution in [1.29, 1.82) is 0 Å². The fraction of sp³-hybridized carbons (Fsp3) is 0.583. The van der Waals surface area contributed by atoms with E-state index >= 15 is 0 Å². The number of halogens is 1. The number of pyridine rings is 1. The van der Waals surface area contributed by atoms with Gasteiger partial charge in [0.2, 0.25) is 0 Å². The van der Waals surface area contributed by atoms with Crippen LogP contribution in [0.1, 0.15) is 20.3 Å². The third-order valence-corrected chi connectivity index (χ3v) is 2.77. The minimum Gasteiger partial charge on any atom is -0.492 e. The van der Waals surface area contributed by atoms with Crippen molar-refractivity contribution >= 4 is 11.6 Å². The van der Waals surface area contributed by atoms with Crippen molar-refractivity contribution in [2.45, 2.75) is 20.3 Å². The van der Waals surface area contributed by atoms with E-state index in [1.807, 2.05) is 0 Å². The second kappa shape index (κ2) is 6.71. The summed E-state index contributed by atoms with van der Waals surface area (Å²) in [6.07, 6.45) is 5.78. The molecule has 4 heteroatoms. The molecule has 1 aromatic heterocycles. The Morgan fingerprint density at radius 3 is 3.06 bits per heavy atom. The van der Waals surface area contributed by atoms with Crippen LogP contribution in [0.25, 0.3) is 0 Å². The highest BCUT2D eigenvalue weighted by molar-refractivity contribution is 6.30. The lowest BCUT2D eigenvalue weighted by Crippen LogP contribution is -2.33. The third-order valence-electron chi connectivity index (χ3n) is 2.56. The average Bonchev–Trinajstić information content (AvgIpc) is 2.28. The van der Waals surface area contributed by atoms with E-state index < -0.39 is 0 Å². The largest absolute Gasteiger partial charge is 0.492 e. The Kier molecular flexibility index (Phi) is 5.56. The monoisotopic (exact) mass is 242 g/mol. The van der Waals surface area contributed by atoms with Crippen LogP contribution in [0.4, 0.5) is 0 Å². The van der Waals surface area contributed by atoms with Crippen LogP contribution in [0, 0.1) is 5.92 Å². The van der Waals surface area contributed by atoms with Crippen molar-refractivity contribution in [3.63, 3.8) is 0 Å². The third kappa shape index (κ3) is 3.99. The van der Waals surface area contributed by atoms with Crippen LogP contribution in [0.15, 0.2) is 18.5 Å². The summed E-state index contributed by atoms with van der Waals surface area (Å²) in [6.45, 7) is 2.93. The van der Waals surface area contributed by atoms with Gasteiger partial charge in [-0.2, -0.15) is 0 Å². The second-order valence-corrected chi connectivity index (χ2v) is 4.30. The van der Waals surface area contributed by atoms with E-state index in [1.165, 1.54) is 12.8 Å². The van der Waals surface area contributed by atoms with Gasteiger partial charge in [-0.25, -0.2) is 0 Å². The molecule has 3 nitrogen and oxygen atoms in total. The van der Waals surface area contributed by atoms with Gasteiger partial charge in [0, 0.05) is 24.7 Å². The van der Waals surface area contributed by atoms with Crippen molar-refractivity contribution in [3.05, 3.63) is 23.5 Å². The number of rotatable bonds is 3. The minimum atomic E-state index is 0. The summed E-state index contributed by atoms with van der Waals surface area (Å²) in [5, 5.41) is 3.98. The Morgan fingerprint density at radius 1 is 1.50 bits per heavy atom. The molecule has 0 aromatic carbocycles. The van der Waals surface area contributed by atoms with Crippen molar-refractivity contribution < 1.29 is 4.74 Å². The molecule has 1 atom stereocenters. The summed E-state index contributed by atoms with van der Waals surface area (Å²) < 4.78 is 5.64. The maximum atomic E-state index is 5.81. The average molecular weight is 243 g/mol. The smallest absolute Gasteiger partial charge is 0.139 e. The Morgan fingerprint density at radius 2 is 2.38 bits per heavy atom. The summed E-state index contributed by atoms with van der Waals surface area (Å²) in [4.78, 5) is 3.98. The number of piperidine rings is 1. The molecule has 2 rings (SSSR count). The topological polar surface area (TPSA) is 34.1 Å². The lowest BCUT2D eigenvalue weighted by Gasteiger charge is -2.22. The Hall–Kier alpha value is -0.800. The molecule has 0 aliphatic carbocycles. The van der Waals surface area contributed by atoms with Gasteiger partial charge in [-0.05, 0) is 19.4 Å². The molecule has 0 saturated carbocycles. The summed E-state index contributed by atoms with van der Waals surface area (Å²) in [5.74, 6) is 1.37. The van der Waals surface area contributed by atoms with E-state index in [4.69, 9.17) is 16.3 Å². The Labute approximate surface area is 102 Å². The number of nitrogens with one attached hydrogen (secondary N) is 1. The van der Waals surface area contributed by atoms with Gasteiger partial charge in [0.05, 0.1) is 17.8 Å². The van der Waals surface area contributed by atoms with Crippen LogP contribution in [-0.2, 0) is 0 Å². The number of nitrogens with zero attached hydrogens (tertiary/aromatic N) is 1. The first-order valence-corrected chi connectivity index (χ1v) is 5.66. The first-order chi connectivity index (χ1) is 7.34. The fourth-order valence-corrected chi connectivity index (χ4v) is 1.92. The molecule has 1 unspecified atom stereocenters. The van der Waals surface area contributed by atoms with Crippen molar-refractivity contribution in [3.8, 4) is 5.75 Å². The number of aromatic nitrogens is 1. The van der Waals surface area contributed by atoms with Crippen molar-refractivity contribution in [1.82, 2.24) is 10.3 Å². The molecule has 0 bridgehead atoms. The molecule has 1 aliphatic heterocycles. The summed E-state index contributed by atoms with van der Waals surface area (Å²) in [5.41, 5.74) is 0. The zero-order chi connectivity index (χ0) is 10.5. The molecule has 1 N–H and O–H groups in total. The molecule has 90 valence electrons. The lowest BCUT2D eigenvalue weighted by molar-refractivity contribution is 0.218. The summed E-state index contributed by atoms with van der Waals surface area (Å²) >= 11 is 5.81. The zero-order valence-electron chi connectivity index (χ0n) is 8.58. The molecule has 1 saturated heterocycles. The highest BCUT2D eigenvalue weighted by Gasteiger charge is 2.13. The number of hydrogen-bond donors (Lipinski definition) is 1. The zero-order valence-corrected chi connectivity index (χ0v) is 9.33. The van der Waals surface area contributed by atoms with Crippen molar-refractivity contribution in [2.75, 3.05) is 19.7 Å². The molecule has 16 heavy (non-hydrogen) atoms.